The number of rotatable bonds is 0. The van der Waals surface area contributed by atoms with Crippen LogP contribution >= 0.6 is 0 Å². The quantitative estimate of drug-likeness (QED) is 0.0387. The molecule has 700 valence electrons. The van der Waals surface area contributed by atoms with Crippen molar-refractivity contribution in [1.29, 1.82) is 0 Å². The first-order valence-electron chi connectivity index (χ1n) is 44.4. The van der Waals surface area contributed by atoms with E-state index in [1.165, 1.54) is 94.6 Å². The third-order valence-corrected chi connectivity index (χ3v) is 25.7. The average molecular weight is 1880 g/mol. The number of allylic oxidation sites excluding steroid dienone is 1. The Balaban J connectivity index is 0.000000126. The van der Waals surface area contributed by atoms with E-state index in [-0.39, 0.29) is 23.7 Å². The van der Waals surface area contributed by atoms with Crippen LogP contribution in [0.1, 0.15) is 129 Å². The Morgan fingerprint density at radius 2 is 0.897 bits per heavy atom. The van der Waals surface area contributed by atoms with E-state index in [0.717, 1.165) is 127 Å². The molecule has 0 bridgehead atoms. The van der Waals surface area contributed by atoms with Crippen LogP contribution in [0.25, 0.3) is 17.1 Å². The molecule has 0 radical (unpaired) electrons. The molecule has 1 aromatic heterocycles. The van der Waals surface area contributed by atoms with Crippen molar-refractivity contribution in [2.45, 2.75) is 140 Å². The van der Waals surface area contributed by atoms with Gasteiger partial charge in [0, 0.05) is 74.8 Å². The number of ether oxygens (including phenoxy) is 3. The summed E-state index contributed by atoms with van der Waals surface area (Å²) in [6, 6.07) is 72.7. The molecule has 24 rings (SSSR count). The first-order chi connectivity index (χ1) is 64.8. The minimum absolute atomic E-state index is 0.102. The summed E-state index contributed by atoms with van der Waals surface area (Å²) in [5, 5.41) is 19.9. The van der Waals surface area contributed by atoms with Crippen molar-refractivity contribution < 1.29 is 50.2 Å². The van der Waals surface area contributed by atoms with Crippen LogP contribution in [0.5, 0.6) is 17.2 Å². The largest absolute Gasteiger partial charge is 0.485 e. The van der Waals surface area contributed by atoms with Gasteiger partial charge in [0.1, 0.15) is 39.5 Å². The summed E-state index contributed by atoms with van der Waals surface area (Å²) in [6.07, 6.45) is 11.5. The summed E-state index contributed by atoms with van der Waals surface area (Å²) in [6.45, 7) is 34.3. The highest BCUT2D eigenvalue weighted by Crippen LogP contribution is 2.36. The van der Waals surface area contributed by atoms with E-state index >= 15 is 0 Å². The molecule has 11 heterocycles. The molecule has 0 saturated heterocycles. The zero-order chi connectivity index (χ0) is 97.1. The molecule has 0 saturated carbocycles. The molecular formula is C109H115N13O11S3. The number of carbonyl (C=O) groups is 4. The van der Waals surface area contributed by atoms with Crippen molar-refractivity contribution in [3.8, 4) is 17.2 Å². The van der Waals surface area contributed by atoms with Gasteiger partial charge in [-0.25, -0.2) is 21.8 Å². The van der Waals surface area contributed by atoms with Gasteiger partial charge < -0.3 is 45.2 Å². The SMILES string of the molecule is C=C1C=Cc2ccc(C)cc2N1.C=C1COc2ccc(C)cc2N1.C=S1(=O)Cc2ccc(C)cc2N1.C=S1(=O)Nc2ccc(C)cc2N1.Cc1ccc2c(c1)CC(=O)C2.Cc1ccc2c(c1)CC(=O)N2.Cc1ccc2c(c1)CC(=O)O2.Cc1ccc2c(c1)CN=C2.Cc1ccc2c(c1)CN=N2.Cc1ccc2c(c1)NC(=O)CC2.Cc1ccc2c(c1)NS(=O)(=O)CO2.Cc1ccc2nc[nH]c2c1. The number of nitrogens with one attached hydrogen (secondary N) is 9. The number of anilines is 8. The van der Waals surface area contributed by atoms with Gasteiger partial charge in [0.05, 0.1) is 83.2 Å². The van der Waals surface area contributed by atoms with Crippen molar-refractivity contribution in [3.63, 3.8) is 0 Å². The zero-order valence-electron chi connectivity index (χ0n) is 78.7. The topological polar surface area (TPSA) is 326 Å². The Morgan fingerprint density at radius 3 is 1.60 bits per heavy atom. The highest BCUT2D eigenvalue weighted by molar-refractivity contribution is 8.03. The van der Waals surface area contributed by atoms with Gasteiger partial charge in [0.25, 0.3) is 10.0 Å². The maximum atomic E-state index is 11.5. The zero-order valence-corrected chi connectivity index (χ0v) is 81.2. The Morgan fingerprint density at radius 1 is 0.375 bits per heavy atom. The summed E-state index contributed by atoms with van der Waals surface area (Å²) in [5.41, 5.74) is 39.0. The number of sulfonamides is 1. The van der Waals surface area contributed by atoms with Crippen molar-refractivity contribution in [1.82, 2.24) is 9.97 Å². The lowest BCUT2D eigenvalue weighted by molar-refractivity contribution is -0.132. The third kappa shape index (κ3) is 28.6. The summed E-state index contributed by atoms with van der Waals surface area (Å²) < 4.78 is 71.5. The van der Waals surface area contributed by atoms with Gasteiger partial charge in [-0.2, -0.15) is 10.2 Å². The maximum Gasteiger partial charge on any atom is 0.315 e. The number of carbonyl (C=O) groups excluding carboxylic acids is 4. The summed E-state index contributed by atoms with van der Waals surface area (Å²) >= 11 is 0. The number of ketones is 1. The van der Waals surface area contributed by atoms with Gasteiger partial charge in [-0.05, 0) is 276 Å². The molecule has 2 atom stereocenters. The fourth-order valence-electron chi connectivity index (χ4n) is 15.5. The van der Waals surface area contributed by atoms with E-state index in [9.17, 15) is 36.0 Å². The van der Waals surface area contributed by atoms with Crippen molar-refractivity contribution in [3.05, 3.63) is 378 Å². The molecule has 2 unspecified atom stereocenters. The van der Waals surface area contributed by atoms with Crippen molar-refractivity contribution >= 4 is 139 Å². The molecule has 1 aliphatic carbocycles. The first-order valence-corrected chi connectivity index (χ1v) is 49.7. The van der Waals surface area contributed by atoms with E-state index in [1.807, 2.05) is 163 Å². The predicted molar refractivity (Wildman–Crippen MR) is 558 cm³/mol. The molecule has 0 fully saturated rings. The lowest BCUT2D eigenvalue weighted by Gasteiger charge is -2.20. The Labute approximate surface area is 797 Å². The third-order valence-electron chi connectivity index (χ3n) is 22.2. The molecule has 27 heteroatoms. The molecular weight excluding hydrogens is 1760 g/mol. The van der Waals surface area contributed by atoms with E-state index in [1.54, 1.807) is 18.5 Å². The number of imidazole rings is 1. The number of aliphatic imine (C=N–C) groups is 1. The number of fused-ring (bicyclic) bond motifs is 12. The van der Waals surface area contributed by atoms with Crippen LogP contribution in [-0.4, -0.2) is 80.9 Å². The highest BCUT2D eigenvalue weighted by atomic mass is 32.2. The molecule has 13 aromatic rings. The lowest BCUT2D eigenvalue weighted by atomic mass is 10.0. The summed E-state index contributed by atoms with van der Waals surface area (Å²) in [7, 11) is -7.68. The Bertz CT molecular complexity index is 6870. The van der Waals surface area contributed by atoms with Gasteiger partial charge >= 0.3 is 5.97 Å². The van der Waals surface area contributed by atoms with Crippen molar-refractivity contribution in [2.75, 3.05) is 52.7 Å². The summed E-state index contributed by atoms with van der Waals surface area (Å²) in [5.74, 6) is 10.1. The second-order valence-electron chi connectivity index (χ2n) is 34.9. The molecule has 9 N–H and O–H groups in total. The fourth-order valence-corrected chi connectivity index (χ4v) is 18.8. The number of azo groups is 1. The van der Waals surface area contributed by atoms with E-state index in [0.29, 0.717) is 61.7 Å². The number of aryl methyl sites for hydroxylation is 13. The van der Waals surface area contributed by atoms with Crippen LogP contribution in [0.4, 0.5) is 51.2 Å². The van der Waals surface area contributed by atoms with Crippen LogP contribution in [0.3, 0.4) is 0 Å². The number of aromatic nitrogens is 2. The van der Waals surface area contributed by atoms with Crippen LogP contribution in [0.2, 0.25) is 0 Å². The van der Waals surface area contributed by atoms with Gasteiger partial charge in [0.15, 0.2) is 0 Å². The number of hydrogen-bond donors (Lipinski definition) is 9. The van der Waals surface area contributed by atoms with Crippen LogP contribution in [0.15, 0.2) is 271 Å². The minimum atomic E-state index is -3.29. The summed E-state index contributed by atoms with van der Waals surface area (Å²) in [4.78, 5) is 55.0. The first kappa shape index (κ1) is 98.6. The van der Waals surface area contributed by atoms with Crippen LogP contribution < -0.4 is 54.4 Å². The molecule has 136 heavy (non-hydrogen) atoms. The monoisotopic (exact) mass is 1880 g/mol. The molecule has 10 aliphatic heterocycles. The van der Waals surface area contributed by atoms with Crippen LogP contribution in [0, 0.1) is 83.1 Å². The number of benzene rings is 12. The standard InChI is InChI=1S/C11H11N.2C10H11NO.C10H10O.C9H11NOS.C9H9NO.C9H9N.C9H8O2.C8H10N2OS.2C8H8N2.C8H9NO3S/c1-8-3-5-10-6-4-9(2)12-11(10)7-8;1-7-3-4-10-9(5-7)11-8(2)6-12-10;1-7-2-3-8-4-5-10(12)11-9(8)6-7;1-7-2-3-8-5-10(11)6-9(8)4-7;1-7-3-4-8-6-12(2,11)10-9(8)5-7;1-6-2-3-8-7(4-6)5-9(11)10-8;1-7-2-3-8-5-10-6-9(8)4-7;1-6-2-3-8-7(4-6)5-9(10)11-8;1-6-3-4-7-8(5-6)10-12(2,11)9-7;1-6-2-3-8-7(4-6)5-9-10-8;1-6-2-3-7-8(4-6)10-5-9-7;1-6-2-3-8-7(4-6)9-13(10,11)5-12-8/h3-7,12H,2H2,1H3;3-5,11H,2,6H2,1H3;2-3,6H,4-5H2,1H3,(H,11,12);2-4H,5-6H2,1H3;3-5H,2,6H2,1H3,(H,10,11);2-4H,5H2,1H3,(H,10,11);2-5H,6H2,1H3;2-4H,5H2,1H3;3-5H,2H2,1H3,(H2,9,10,11);2-4H,5H2,1H3;2-5H,1H3,(H,9,10);2-4,9H,5H2,1H3. The van der Waals surface area contributed by atoms with Gasteiger partial charge in [-0.3, -0.25) is 38.3 Å². The smallest absolute Gasteiger partial charge is 0.315 e. The normalized spacial score (nSPS) is 16.6. The average Bonchev–Trinajstić information content (AvgIpc) is 1.64. The highest BCUT2D eigenvalue weighted by Gasteiger charge is 2.25. The van der Waals surface area contributed by atoms with Gasteiger partial charge in [0.2, 0.25) is 17.8 Å². The van der Waals surface area contributed by atoms with E-state index < -0.39 is 29.6 Å². The minimum Gasteiger partial charge on any atom is -0.485 e. The second kappa shape index (κ2) is 44.3. The second-order valence-corrected chi connectivity index (χ2v) is 40.4. The molecule has 0 spiro atoms. The Kier molecular flexibility index (Phi) is 32.1. The number of H-pyrrole nitrogens is 1. The molecule has 12 aromatic carbocycles. The lowest BCUT2D eigenvalue weighted by Crippen LogP contribution is -2.25. The number of esters is 1. The molecule has 2 amide bonds. The number of Topliss-reactive ketones (excluding diaryl/α,β-unsaturated/α-hetero) is 1. The molecule has 11 aliphatic rings. The fraction of sp³-hybridized carbons (Fsp3) is 0.211. The number of nitrogens with zero attached hydrogens (tertiary/aromatic N) is 4. The number of amides is 2. The van der Waals surface area contributed by atoms with Gasteiger partial charge in [-0.15, -0.1) is 0 Å². The van der Waals surface area contributed by atoms with E-state index in [4.69, 9.17) is 14.2 Å². The predicted octanol–water partition coefficient (Wildman–Crippen LogP) is 22.2. The maximum absolute atomic E-state index is 11.5. The van der Waals surface area contributed by atoms with Crippen LogP contribution in [-0.2, 0) is 99.7 Å². The van der Waals surface area contributed by atoms with Crippen molar-refractivity contribution in [2.24, 2.45) is 15.2 Å². The molecule has 24 nitrogen and oxygen atoms in total. The van der Waals surface area contributed by atoms with E-state index in [2.05, 4.69) is 235 Å². The van der Waals surface area contributed by atoms with Gasteiger partial charge in [-0.1, -0.05) is 181 Å². The number of aromatic amines is 1. The number of hydrogen-bond acceptors (Lipinski definition) is 17. The Hall–Kier alpha value is -14.9.